The van der Waals surface area contributed by atoms with E-state index in [0.717, 1.165) is 24.8 Å². The normalized spacial score (nSPS) is 18.1. The largest absolute Gasteiger partial charge is 0.417 e. The summed E-state index contributed by atoms with van der Waals surface area (Å²) in [7, 11) is 1.26. The van der Waals surface area contributed by atoms with Gasteiger partial charge in [-0.2, -0.15) is 13.2 Å². The van der Waals surface area contributed by atoms with E-state index in [4.69, 9.17) is 0 Å². The number of halogens is 4. The molecule has 0 nitrogen and oxygen atoms in total. The fraction of sp³-hybridized carbons (Fsp3) is 0.231. The molecule has 0 radical (unpaired) electrons. The molecule has 0 spiro atoms. The van der Waals surface area contributed by atoms with E-state index in [1.54, 1.807) is 12.1 Å². The summed E-state index contributed by atoms with van der Waals surface area (Å²) >= 11 is 2.01. The number of alkyl halides is 3. The van der Waals surface area contributed by atoms with Gasteiger partial charge in [0.1, 0.15) is 0 Å². The first-order chi connectivity index (χ1) is 15.0. The molecule has 2 atom stereocenters. The van der Waals surface area contributed by atoms with Gasteiger partial charge in [-0.25, -0.2) is 0 Å². The van der Waals surface area contributed by atoms with Crippen LogP contribution in [0.5, 0.6) is 0 Å². The van der Waals surface area contributed by atoms with Crippen molar-refractivity contribution in [3.63, 3.8) is 0 Å². The SMILES string of the molecule is FC(F)(F)c1cc(C#CSI)ccc1-c1ccccc1C1CCC1Cc1ccccc1. The van der Waals surface area contributed by atoms with Gasteiger partial charge < -0.3 is 0 Å². The van der Waals surface area contributed by atoms with E-state index < -0.39 is 11.7 Å². The Hall–Kier alpha value is -1.91. The Bertz CT molecular complexity index is 1110. The summed E-state index contributed by atoms with van der Waals surface area (Å²) in [4.78, 5) is 0. The molecule has 1 saturated carbocycles. The number of benzene rings is 3. The van der Waals surface area contributed by atoms with Gasteiger partial charge in [-0.05, 0) is 79.7 Å². The molecule has 5 heteroatoms. The molecule has 0 aromatic heterocycles. The lowest BCUT2D eigenvalue weighted by Gasteiger charge is -2.38. The van der Waals surface area contributed by atoms with Crippen molar-refractivity contribution in [3.05, 3.63) is 95.1 Å². The minimum atomic E-state index is -4.44. The molecule has 0 N–H and O–H groups in total. The highest BCUT2D eigenvalue weighted by atomic mass is 127. The van der Waals surface area contributed by atoms with Gasteiger partial charge in [0.05, 0.1) is 5.56 Å². The molecule has 0 bridgehead atoms. The molecule has 0 saturated heterocycles. The molecular formula is C26H20F3IS. The van der Waals surface area contributed by atoms with Crippen molar-refractivity contribution < 1.29 is 13.2 Å². The molecule has 0 heterocycles. The van der Waals surface area contributed by atoms with Gasteiger partial charge in [-0.15, -0.1) is 0 Å². The lowest BCUT2D eigenvalue weighted by Crippen LogP contribution is -2.26. The summed E-state index contributed by atoms with van der Waals surface area (Å²) in [6.45, 7) is 0. The molecule has 1 aliphatic rings. The molecule has 1 fully saturated rings. The van der Waals surface area contributed by atoms with Crippen molar-refractivity contribution in [1.29, 1.82) is 0 Å². The maximum absolute atomic E-state index is 14.0. The molecule has 1 aliphatic carbocycles. The van der Waals surface area contributed by atoms with E-state index in [-0.39, 0.29) is 11.5 Å². The fourth-order valence-corrected chi connectivity index (χ4v) is 4.86. The van der Waals surface area contributed by atoms with Gasteiger partial charge in [0, 0.05) is 26.8 Å². The molecule has 2 unspecified atom stereocenters. The van der Waals surface area contributed by atoms with Crippen LogP contribution in [0.15, 0.2) is 72.8 Å². The van der Waals surface area contributed by atoms with Gasteiger partial charge in [0.2, 0.25) is 0 Å². The molecule has 3 aromatic carbocycles. The number of hydrogen-bond donors (Lipinski definition) is 0. The molecule has 0 amide bonds. The predicted octanol–water partition coefficient (Wildman–Crippen LogP) is 8.50. The van der Waals surface area contributed by atoms with Crippen LogP contribution >= 0.6 is 30.1 Å². The Morgan fingerprint density at radius 1 is 0.903 bits per heavy atom. The Balaban J connectivity index is 1.72. The predicted molar refractivity (Wildman–Crippen MR) is 131 cm³/mol. The lowest BCUT2D eigenvalue weighted by molar-refractivity contribution is -0.137. The van der Waals surface area contributed by atoms with Crippen LogP contribution in [0, 0.1) is 17.1 Å². The Morgan fingerprint density at radius 2 is 1.65 bits per heavy atom. The second kappa shape index (κ2) is 9.70. The van der Waals surface area contributed by atoms with E-state index >= 15 is 0 Å². The van der Waals surface area contributed by atoms with Crippen LogP contribution in [0.2, 0.25) is 0 Å². The topological polar surface area (TPSA) is 0 Å². The van der Waals surface area contributed by atoms with Gasteiger partial charge in [0.15, 0.2) is 0 Å². The van der Waals surface area contributed by atoms with Crippen molar-refractivity contribution in [2.24, 2.45) is 5.92 Å². The third-order valence-corrected chi connectivity index (χ3v) is 6.81. The fourth-order valence-electron chi connectivity index (χ4n) is 4.37. The second-order valence-corrected chi connectivity index (χ2v) is 9.46. The molecule has 4 rings (SSSR count). The van der Waals surface area contributed by atoms with Crippen molar-refractivity contribution in [1.82, 2.24) is 0 Å². The highest BCUT2D eigenvalue weighted by Gasteiger charge is 2.37. The van der Waals surface area contributed by atoms with Crippen LogP contribution in [0.4, 0.5) is 13.2 Å². The van der Waals surface area contributed by atoms with Crippen molar-refractivity contribution >= 4 is 30.1 Å². The van der Waals surface area contributed by atoms with Crippen LogP contribution in [-0.2, 0) is 12.6 Å². The standard InChI is InChI=1S/C26H20F3IS/c27-26(28,29)25-17-19(14-15-31-30)10-12-24(25)23-9-5-4-8-22(23)21-13-11-20(21)16-18-6-2-1-3-7-18/h1-10,12,17,20-21H,11,13,16H2. The summed E-state index contributed by atoms with van der Waals surface area (Å²) in [6.07, 6.45) is -1.38. The minimum absolute atomic E-state index is 0.237. The van der Waals surface area contributed by atoms with Crippen molar-refractivity contribution in [3.8, 4) is 22.3 Å². The zero-order valence-electron chi connectivity index (χ0n) is 16.6. The highest BCUT2D eigenvalue weighted by molar-refractivity contribution is 14.2. The first-order valence-electron chi connectivity index (χ1n) is 10.1. The van der Waals surface area contributed by atoms with E-state index in [1.807, 2.05) is 63.7 Å². The Kier molecular flexibility index (Phi) is 6.98. The van der Waals surface area contributed by atoms with Crippen molar-refractivity contribution in [2.45, 2.75) is 31.4 Å². The van der Waals surface area contributed by atoms with E-state index in [0.29, 0.717) is 17.0 Å². The Morgan fingerprint density at radius 3 is 2.32 bits per heavy atom. The van der Waals surface area contributed by atoms with E-state index in [2.05, 4.69) is 23.3 Å². The zero-order chi connectivity index (χ0) is 21.8. The number of hydrogen-bond acceptors (Lipinski definition) is 1. The summed E-state index contributed by atoms with van der Waals surface area (Å²) in [5.41, 5.74) is 2.97. The van der Waals surface area contributed by atoms with Crippen LogP contribution in [0.1, 0.15) is 41.0 Å². The van der Waals surface area contributed by atoms with Crippen LogP contribution in [0.3, 0.4) is 0 Å². The molecular weight excluding hydrogens is 528 g/mol. The molecule has 158 valence electrons. The third-order valence-electron chi connectivity index (χ3n) is 5.97. The average molecular weight is 548 g/mol. The molecule has 31 heavy (non-hydrogen) atoms. The smallest absolute Gasteiger partial charge is 0.166 e. The first kappa shape index (κ1) is 22.3. The summed E-state index contributed by atoms with van der Waals surface area (Å²) < 4.78 is 41.9. The zero-order valence-corrected chi connectivity index (χ0v) is 19.6. The minimum Gasteiger partial charge on any atom is -0.166 e. The maximum atomic E-state index is 14.0. The van der Waals surface area contributed by atoms with Gasteiger partial charge in [-0.1, -0.05) is 66.6 Å². The molecule has 3 aromatic rings. The number of rotatable bonds is 4. The monoisotopic (exact) mass is 548 g/mol. The summed E-state index contributed by atoms with van der Waals surface area (Å²) in [5, 5.41) is 2.77. The summed E-state index contributed by atoms with van der Waals surface area (Å²) in [6, 6.07) is 22.3. The quantitative estimate of drug-likeness (QED) is 0.233. The van der Waals surface area contributed by atoms with Gasteiger partial charge in [0.25, 0.3) is 0 Å². The molecule has 0 aliphatic heterocycles. The van der Waals surface area contributed by atoms with Crippen LogP contribution in [0.25, 0.3) is 11.1 Å². The van der Waals surface area contributed by atoms with E-state index in [9.17, 15) is 13.2 Å². The van der Waals surface area contributed by atoms with Gasteiger partial charge in [-0.3, -0.25) is 0 Å². The van der Waals surface area contributed by atoms with Crippen LogP contribution in [-0.4, -0.2) is 0 Å². The maximum Gasteiger partial charge on any atom is 0.417 e. The van der Waals surface area contributed by atoms with E-state index in [1.165, 1.54) is 20.6 Å². The second-order valence-electron chi connectivity index (χ2n) is 7.78. The third kappa shape index (κ3) is 5.12. The van der Waals surface area contributed by atoms with Gasteiger partial charge >= 0.3 is 6.18 Å². The van der Waals surface area contributed by atoms with Crippen molar-refractivity contribution in [2.75, 3.05) is 0 Å². The van der Waals surface area contributed by atoms with Crippen LogP contribution < -0.4 is 0 Å². The average Bonchev–Trinajstić information content (AvgIpc) is 2.76. The lowest BCUT2D eigenvalue weighted by atomic mass is 9.66. The Labute approximate surface area is 197 Å². The highest BCUT2D eigenvalue weighted by Crippen LogP contribution is 2.48. The summed E-state index contributed by atoms with van der Waals surface area (Å²) in [5.74, 6) is 3.50. The first-order valence-corrected chi connectivity index (χ1v) is 13.5.